The van der Waals surface area contributed by atoms with Gasteiger partial charge in [-0.3, -0.25) is 19.0 Å². The van der Waals surface area contributed by atoms with Crippen LogP contribution in [0.2, 0.25) is 0 Å². The van der Waals surface area contributed by atoms with Gasteiger partial charge < -0.3 is 42.6 Å². The minimum atomic E-state index is -6.88. The number of hydrogen-bond donors (Lipinski definition) is 0. The van der Waals surface area contributed by atoms with Crippen molar-refractivity contribution < 1.29 is 167 Å². The molecule has 0 bridgehead atoms. The minimum Gasteiger partial charge on any atom is -0.487 e. The SMILES string of the molecule is COC(C)(F)C(F)(F)OC(C)(F)COCCOc1cc(C(=O)Cl)cc(OCCOCC(F)(OC(F)(F)C(F)(OC)C(F)(F)F)C(F)(F)F)c1OCCOCC(F)(OC(F)(F)C(F)(OC)C(F)(F)F)C(F)(F)F. The van der Waals surface area contributed by atoms with Crippen molar-refractivity contribution in [2.75, 3.05) is 80.8 Å². The van der Waals surface area contributed by atoms with Gasteiger partial charge in [0.25, 0.3) is 11.1 Å². The van der Waals surface area contributed by atoms with Crippen molar-refractivity contribution in [1.82, 2.24) is 0 Å². The van der Waals surface area contributed by atoms with Crippen LogP contribution in [0, 0.1) is 0 Å². The van der Waals surface area contributed by atoms with Crippen LogP contribution in [0.15, 0.2) is 12.1 Å². The van der Waals surface area contributed by atoms with Crippen LogP contribution in [0.1, 0.15) is 24.2 Å². The number of benzene rings is 1. The molecule has 0 aliphatic heterocycles. The van der Waals surface area contributed by atoms with Crippen molar-refractivity contribution in [2.45, 2.75) is 92.0 Å². The summed E-state index contributed by atoms with van der Waals surface area (Å²) in [5, 5.41) is -1.50. The molecule has 1 aromatic carbocycles. The highest BCUT2D eigenvalue weighted by Crippen LogP contribution is 2.52. The third-order valence-corrected chi connectivity index (χ3v) is 8.56. The fourth-order valence-corrected chi connectivity index (χ4v) is 4.62. The molecule has 0 spiro atoms. The Balaban J connectivity index is 3.52. The van der Waals surface area contributed by atoms with Crippen LogP contribution in [0.5, 0.6) is 17.2 Å². The van der Waals surface area contributed by atoms with Gasteiger partial charge in [-0.25, -0.2) is 8.78 Å². The summed E-state index contributed by atoms with van der Waals surface area (Å²) in [6.45, 7) is -14.5. The smallest absolute Gasteiger partial charge is 0.457 e. The molecular formula is C34H35ClF24O13. The molecule has 6 unspecified atom stereocenters. The Hall–Kier alpha value is -3.46. The van der Waals surface area contributed by atoms with Crippen LogP contribution >= 0.6 is 11.6 Å². The number of alkyl halides is 24. The zero-order chi connectivity index (χ0) is 56.7. The molecule has 0 aromatic heterocycles. The fourth-order valence-electron chi connectivity index (χ4n) is 4.51. The Labute approximate surface area is 391 Å². The summed E-state index contributed by atoms with van der Waals surface area (Å²) >= 11 is 5.43. The monoisotopic (exact) mass is 1140 g/mol. The molecule has 6 atom stereocenters. The van der Waals surface area contributed by atoms with Crippen molar-refractivity contribution in [3.63, 3.8) is 0 Å². The van der Waals surface area contributed by atoms with E-state index >= 15 is 0 Å². The number of hydrogen-bond acceptors (Lipinski definition) is 13. The van der Waals surface area contributed by atoms with Gasteiger partial charge in [-0.2, -0.15) is 96.6 Å². The molecule has 1 aromatic rings. The molecule has 1 rings (SSSR count). The van der Waals surface area contributed by atoms with E-state index in [9.17, 15) is 110 Å². The van der Waals surface area contributed by atoms with Crippen molar-refractivity contribution in [2.24, 2.45) is 0 Å². The van der Waals surface area contributed by atoms with Crippen molar-refractivity contribution in [3.05, 3.63) is 17.7 Å². The lowest BCUT2D eigenvalue weighted by atomic mass is 10.2. The van der Waals surface area contributed by atoms with Crippen LogP contribution in [0.4, 0.5) is 105 Å². The topological polar surface area (TPSA) is 128 Å². The standard InChI is InChI=1S/C34H35ClF24O13/c1-22(36,70-32(54,55)23(2,37)61-3)14-64-6-9-67-18-12-17(21(35)60)13-19(68-10-7-65-15-24(38,28(42,43)44)71-33(56,57)26(40,62-4)30(48,49)50)20(18)69-11-8-66-16-25(39,29(45,46)47)72-34(58,59)27(41,63-5)31(51,52)53/h12-13H,6-11,14-16H2,1-5H3. The highest BCUT2D eigenvalue weighted by Gasteiger charge is 2.79. The maximum atomic E-state index is 14.8. The number of carbonyl (C=O) groups is 1. The molecule has 0 N–H and O–H groups in total. The van der Waals surface area contributed by atoms with E-state index in [1.807, 2.05) is 0 Å². The van der Waals surface area contributed by atoms with E-state index in [1.165, 1.54) is 0 Å². The van der Waals surface area contributed by atoms with Crippen LogP contribution < -0.4 is 14.2 Å². The molecule has 0 aliphatic carbocycles. The predicted molar refractivity (Wildman–Crippen MR) is 183 cm³/mol. The van der Waals surface area contributed by atoms with Crippen molar-refractivity contribution in [1.29, 1.82) is 0 Å². The quantitative estimate of drug-likeness (QED) is 0.0398. The molecule has 0 saturated carbocycles. The summed E-state index contributed by atoms with van der Waals surface area (Å²) in [7, 11) is -0.374. The largest absolute Gasteiger partial charge is 0.487 e. The van der Waals surface area contributed by atoms with E-state index in [-0.39, 0.29) is 6.92 Å². The van der Waals surface area contributed by atoms with E-state index in [4.69, 9.17) is 30.5 Å². The van der Waals surface area contributed by atoms with Crippen LogP contribution in [0.3, 0.4) is 0 Å². The highest BCUT2D eigenvalue weighted by atomic mass is 35.5. The van der Waals surface area contributed by atoms with Gasteiger partial charge in [-0.05, 0) is 30.7 Å². The van der Waals surface area contributed by atoms with Crippen LogP contribution in [-0.2, 0) is 42.6 Å². The third kappa shape index (κ3) is 16.0. The van der Waals surface area contributed by atoms with Crippen LogP contribution in [-0.4, -0.2) is 164 Å². The highest BCUT2D eigenvalue weighted by molar-refractivity contribution is 6.67. The Morgan fingerprint density at radius 1 is 0.444 bits per heavy atom. The summed E-state index contributed by atoms with van der Waals surface area (Å²) in [5.74, 6) is -35.3. The predicted octanol–water partition coefficient (Wildman–Crippen LogP) is 10.3. The molecule has 0 radical (unpaired) electrons. The summed E-state index contributed by atoms with van der Waals surface area (Å²) < 4.78 is 377. The molecule has 0 heterocycles. The maximum Gasteiger partial charge on any atom is 0.457 e. The number of methoxy groups -OCH3 is 3. The van der Waals surface area contributed by atoms with E-state index < -0.39 is 180 Å². The summed E-state index contributed by atoms with van der Waals surface area (Å²) in [4.78, 5) is 12.1. The summed E-state index contributed by atoms with van der Waals surface area (Å²) in [6, 6.07) is 1.04. The summed E-state index contributed by atoms with van der Waals surface area (Å²) in [6.07, 6.45) is -45.9. The molecule has 72 heavy (non-hydrogen) atoms. The van der Waals surface area contributed by atoms with E-state index in [0.717, 1.165) is 0 Å². The first-order valence-electron chi connectivity index (χ1n) is 18.4. The van der Waals surface area contributed by atoms with Gasteiger partial charge in [0.1, 0.15) is 39.6 Å². The van der Waals surface area contributed by atoms with Gasteiger partial charge in [0.05, 0.1) is 19.8 Å². The number of ether oxygens (including phenoxy) is 12. The zero-order valence-electron chi connectivity index (χ0n) is 36.3. The van der Waals surface area contributed by atoms with Gasteiger partial charge in [0.2, 0.25) is 11.6 Å². The average Bonchev–Trinajstić information content (AvgIpc) is 3.20. The lowest BCUT2D eigenvalue weighted by Crippen LogP contribution is -2.63. The first-order chi connectivity index (χ1) is 32.1. The molecular weight excluding hydrogens is 1110 g/mol. The van der Waals surface area contributed by atoms with Crippen molar-refractivity contribution >= 4 is 16.8 Å². The van der Waals surface area contributed by atoms with Gasteiger partial charge in [0.15, 0.2) is 11.5 Å². The lowest BCUT2D eigenvalue weighted by molar-refractivity contribution is -0.503. The Bertz CT molecular complexity index is 1900. The Morgan fingerprint density at radius 3 is 1.07 bits per heavy atom. The van der Waals surface area contributed by atoms with Crippen molar-refractivity contribution in [3.8, 4) is 17.2 Å². The van der Waals surface area contributed by atoms with Gasteiger partial charge in [-0.1, -0.05) is 0 Å². The molecule has 0 fully saturated rings. The molecule has 13 nitrogen and oxygen atoms in total. The second kappa shape index (κ2) is 23.6. The molecule has 38 heteroatoms. The van der Waals surface area contributed by atoms with E-state index in [1.54, 1.807) is 0 Å². The van der Waals surface area contributed by atoms with Gasteiger partial charge in [0, 0.05) is 33.8 Å². The van der Waals surface area contributed by atoms with Crippen LogP contribution in [0.25, 0.3) is 0 Å². The number of carbonyl (C=O) groups excluding carboxylic acids is 1. The van der Waals surface area contributed by atoms with E-state index in [2.05, 4.69) is 37.9 Å². The molecule has 0 amide bonds. The fraction of sp³-hybridized carbons (Fsp3) is 0.794. The zero-order valence-corrected chi connectivity index (χ0v) is 37.0. The molecule has 0 saturated heterocycles. The van der Waals surface area contributed by atoms with Gasteiger partial charge >= 0.3 is 66.5 Å². The Morgan fingerprint density at radius 2 is 0.778 bits per heavy atom. The number of halogens is 25. The average molecular weight is 1140 g/mol. The second-order valence-electron chi connectivity index (χ2n) is 13.9. The summed E-state index contributed by atoms with van der Waals surface area (Å²) in [5.41, 5.74) is -0.788. The van der Waals surface area contributed by atoms with E-state index in [0.29, 0.717) is 26.2 Å². The second-order valence-corrected chi connectivity index (χ2v) is 14.2. The minimum absolute atomic E-state index is 0.149. The third-order valence-electron chi connectivity index (χ3n) is 8.34. The molecule has 0 aliphatic rings. The lowest BCUT2D eigenvalue weighted by Gasteiger charge is -2.37. The Kier molecular flexibility index (Phi) is 21.8. The first-order valence-corrected chi connectivity index (χ1v) is 18.8. The number of rotatable bonds is 31. The maximum absolute atomic E-state index is 14.8. The van der Waals surface area contributed by atoms with Gasteiger partial charge in [-0.15, -0.1) is 0 Å². The normalized spacial score (nSPS) is 18.8. The molecule has 424 valence electrons. The first kappa shape index (κ1) is 66.6.